The summed E-state index contributed by atoms with van der Waals surface area (Å²) in [6, 6.07) is 3.75. The Kier molecular flexibility index (Phi) is 5.74. The Hall–Kier alpha value is -0.780. The maximum Gasteiger partial charge on any atom is 0.172 e. The number of nitrogens with zero attached hydrogens (tertiary/aromatic N) is 1. The van der Waals surface area contributed by atoms with Crippen LogP contribution < -0.4 is 10.5 Å². The molecule has 0 unspecified atom stereocenters. The van der Waals surface area contributed by atoms with E-state index in [1.54, 1.807) is 7.11 Å². The molecule has 0 aliphatic carbocycles. The molecule has 96 valence electrons. The summed E-state index contributed by atoms with van der Waals surface area (Å²) >= 11 is 3.31. The number of nitrogens with two attached hydrogens (primary N) is 1. The number of ether oxygens (including phenoxy) is 1. The van der Waals surface area contributed by atoms with Crippen molar-refractivity contribution < 1.29 is 9.84 Å². The lowest BCUT2D eigenvalue weighted by Gasteiger charge is -2.17. The van der Waals surface area contributed by atoms with Gasteiger partial charge in [-0.05, 0) is 60.2 Å². The second-order valence-corrected chi connectivity index (χ2v) is 4.86. The third-order valence-electron chi connectivity index (χ3n) is 2.50. The third-order valence-corrected chi connectivity index (χ3v) is 3.11. The summed E-state index contributed by atoms with van der Waals surface area (Å²) in [7, 11) is 3.59. The minimum atomic E-state index is 0.140. The molecule has 0 spiro atoms. The lowest BCUT2D eigenvalue weighted by Crippen LogP contribution is -2.21. The van der Waals surface area contributed by atoms with Gasteiger partial charge in [-0.25, -0.2) is 0 Å². The zero-order valence-corrected chi connectivity index (χ0v) is 11.8. The molecule has 0 bridgehead atoms. The molecule has 0 saturated heterocycles. The topological polar surface area (TPSA) is 58.7 Å². The summed E-state index contributed by atoms with van der Waals surface area (Å²) in [5.41, 5.74) is 6.56. The van der Waals surface area contributed by atoms with Crippen LogP contribution in [0.1, 0.15) is 12.0 Å². The molecule has 0 saturated carbocycles. The quantitative estimate of drug-likeness (QED) is 0.843. The first-order valence-corrected chi connectivity index (χ1v) is 6.31. The van der Waals surface area contributed by atoms with Crippen molar-refractivity contribution in [2.45, 2.75) is 13.0 Å². The van der Waals surface area contributed by atoms with Crippen molar-refractivity contribution in [1.29, 1.82) is 0 Å². The summed E-state index contributed by atoms with van der Waals surface area (Å²) in [6.45, 7) is 2.46. The maximum atomic E-state index is 9.70. The van der Waals surface area contributed by atoms with Crippen molar-refractivity contribution in [3.63, 3.8) is 0 Å². The number of phenols is 1. The molecule has 17 heavy (non-hydrogen) atoms. The van der Waals surface area contributed by atoms with Crippen LogP contribution in [0.3, 0.4) is 0 Å². The molecule has 0 heterocycles. The number of methoxy groups -OCH3 is 1. The van der Waals surface area contributed by atoms with Gasteiger partial charge in [0.05, 0.1) is 11.6 Å². The largest absolute Gasteiger partial charge is 0.503 e. The van der Waals surface area contributed by atoms with Gasteiger partial charge in [-0.1, -0.05) is 0 Å². The van der Waals surface area contributed by atoms with Crippen LogP contribution in [0, 0.1) is 0 Å². The van der Waals surface area contributed by atoms with E-state index in [9.17, 15) is 5.11 Å². The second-order valence-electron chi connectivity index (χ2n) is 4.01. The number of aromatic hydroxyl groups is 1. The number of benzene rings is 1. The average Bonchev–Trinajstić information content (AvgIpc) is 2.31. The van der Waals surface area contributed by atoms with E-state index in [1.807, 2.05) is 19.2 Å². The molecule has 0 amide bonds. The molecule has 0 aliphatic heterocycles. The minimum absolute atomic E-state index is 0.140. The zero-order chi connectivity index (χ0) is 12.8. The lowest BCUT2D eigenvalue weighted by molar-refractivity contribution is 0.322. The highest BCUT2D eigenvalue weighted by Gasteiger charge is 2.09. The minimum Gasteiger partial charge on any atom is -0.503 e. The monoisotopic (exact) mass is 302 g/mol. The molecule has 0 atom stereocenters. The SMILES string of the molecule is COc1cc(CN(C)CCCN)cc(Br)c1O. The Morgan fingerprint density at radius 2 is 2.18 bits per heavy atom. The van der Waals surface area contributed by atoms with Crippen molar-refractivity contribution in [3.05, 3.63) is 22.2 Å². The first-order valence-electron chi connectivity index (χ1n) is 5.52. The van der Waals surface area contributed by atoms with E-state index in [2.05, 4.69) is 20.8 Å². The van der Waals surface area contributed by atoms with E-state index >= 15 is 0 Å². The highest BCUT2D eigenvalue weighted by atomic mass is 79.9. The van der Waals surface area contributed by atoms with Crippen LogP contribution in [0.2, 0.25) is 0 Å². The molecule has 0 aliphatic rings. The molecule has 3 N–H and O–H groups in total. The van der Waals surface area contributed by atoms with Crippen LogP contribution in [0.25, 0.3) is 0 Å². The summed E-state index contributed by atoms with van der Waals surface area (Å²) in [4.78, 5) is 2.19. The molecule has 5 heteroatoms. The summed E-state index contributed by atoms with van der Waals surface area (Å²) in [5.74, 6) is 0.627. The zero-order valence-electron chi connectivity index (χ0n) is 10.2. The average molecular weight is 303 g/mol. The Morgan fingerprint density at radius 1 is 1.47 bits per heavy atom. The third kappa shape index (κ3) is 4.18. The molecule has 1 aromatic rings. The fraction of sp³-hybridized carbons (Fsp3) is 0.500. The molecule has 1 aromatic carbocycles. The van der Waals surface area contributed by atoms with E-state index in [0.717, 1.165) is 25.1 Å². The van der Waals surface area contributed by atoms with Crippen molar-refractivity contribution in [1.82, 2.24) is 4.90 Å². The Labute approximate surface area is 110 Å². The number of halogens is 1. The van der Waals surface area contributed by atoms with Gasteiger partial charge in [0.1, 0.15) is 0 Å². The van der Waals surface area contributed by atoms with Gasteiger partial charge in [0.25, 0.3) is 0 Å². The molecule has 0 fully saturated rings. The molecule has 0 aromatic heterocycles. The van der Waals surface area contributed by atoms with E-state index < -0.39 is 0 Å². The first-order chi connectivity index (χ1) is 8.08. The standard InChI is InChI=1S/C12H19BrN2O2/c1-15(5-3-4-14)8-9-6-10(13)12(16)11(7-9)17-2/h6-7,16H,3-5,8,14H2,1-2H3. The van der Waals surface area contributed by atoms with Gasteiger partial charge in [0.15, 0.2) is 11.5 Å². The fourth-order valence-electron chi connectivity index (χ4n) is 1.63. The van der Waals surface area contributed by atoms with Gasteiger partial charge in [-0.2, -0.15) is 0 Å². The van der Waals surface area contributed by atoms with Crippen LogP contribution in [-0.2, 0) is 6.54 Å². The molecular formula is C12H19BrN2O2. The van der Waals surface area contributed by atoms with Crippen LogP contribution in [0.5, 0.6) is 11.5 Å². The van der Waals surface area contributed by atoms with Crippen molar-refractivity contribution in [2.75, 3.05) is 27.2 Å². The fourth-order valence-corrected chi connectivity index (χ4v) is 2.12. The predicted molar refractivity (Wildman–Crippen MR) is 72.4 cm³/mol. The Bertz CT molecular complexity index is 372. The molecule has 4 nitrogen and oxygen atoms in total. The van der Waals surface area contributed by atoms with Crippen LogP contribution in [0.4, 0.5) is 0 Å². The van der Waals surface area contributed by atoms with E-state index in [4.69, 9.17) is 10.5 Å². The first kappa shape index (κ1) is 14.3. The van der Waals surface area contributed by atoms with Gasteiger partial charge in [-0.15, -0.1) is 0 Å². The molecular weight excluding hydrogens is 284 g/mol. The highest BCUT2D eigenvalue weighted by molar-refractivity contribution is 9.10. The van der Waals surface area contributed by atoms with Gasteiger partial charge < -0.3 is 20.5 Å². The van der Waals surface area contributed by atoms with Crippen molar-refractivity contribution in [3.8, 4) is 11.5 Å². The van der Waals surface area contributed by atoms with Crippen molar-refractivity contribution in [2.24, 2.45) is 5.73 Å². The van der Waals surface area contributed by atoms with Crippen LogP contribution in [0.15, 0.2) is 16.6 Å². The van der Waals surface area contributed by atoms with Gasteiger partial charge in [-0.3, -0.25) is 0 Å². The van der Waals surface area contributed by atoms with E-state index in [-0.39, 0.29) is 5.75 Å². The number of hydrogen-bond acceptors (Lipinski definition) is 4. The molecule has 1 rings (SSSR count). The summed E-state index contributed by atoms with van der Waals surface area (Å²) in [6.07, 6.45) is 0.979. The smallest absolute Gasteiger partial charge is 0.172 e. The van der Waals surface area contributed by atoms with Crippen LogP contribution >= 0.6 is 15.9 Å². The van der Waals surface area contributed by atoms with Gasteiger partial charge in [0.2, 0.25) is 0 Å². The van der Waals surface area contributed by atoms with Gasteiger partial charge >= 0.3 is 0 Å². The summed E-state index contributed by atoms with van der Waals surface area (Å²) < 4.78 is 5.76. The second kappa shape index (κ2) is 6.83. The molecule has 0 radical (unpaired) electrons. The number of phenolic OH excluding ortho intramolecular Hbond substituents is 1. The number of rotatable bonds is 6. The van der Waals surface area contributed by atoms with E-state index in [1.165, 1.54) is 0 Å². The van der Waals surface area contributed by atoms with Gasteiger partial charge in [0, 0.05) is 6.54 Å². The maximum absolute atomic E-state index is 9.70. The van der Waals surface area contributed by atoms with E-state index in [0.29, 0.717) is 16.8 Å². The Balaban J connectivity index is 2.74. The number of hydrogen-bond donors (Lipinski definition) is 2. The normalized spacial score (nSPS) is 10.9. The van der Waals surface area contributed by atoms with Crippen molar-refractivity contribution >= 4 is 15.9 Å². The predicted octanol–water partition coefficient (Wildman–Crippen LogP) is 1.94. The summed E-state index contributed by atoms with van der Waals surface area (Å²) in [5, 5.41) is 9.70. The van der Waals surface area contributed by atoms with Crippen LogP contribution in [-0.4, -0.2) is 37.3 Å². The highest BCUT2D eigenvalue weighted by Crippen LogP contribution is 2.35. The Morgan fingerprint density at radius 3 is 2.76 bits per heavy atom. The lowest BCUT2D eigenvalue weighted by atomic mass is 10.2.